The number of carbonyl (C=O) groups is 2. The smallest absolute Gasteiger partial charge is 0.345 e. The maximum atomic E-state index is 11.1. The lowest BCUT2D eigenvalue weighted by Gasteiger charge is -2.06. The molecule has 1 rings (SSSR count). The molecule has 82 valence electrons. The van der Waals surface area contributed by atoms with Crippen LogP contribution in [-0.4, -0.2) is 29.4 Å². The lowest BCUT2D eigenvalue weighted by Crippen LogP contribution is -2.14. The summed E-state index contributed by atoms with van der Waals surface area (Å²) in [5.74, 6) is -1.26. The largest absolute Gasteiger partial charge is 0.477 e. The van der Waals surface area contributed by atoms with Gasteiger partial charge in [0.05, 0.1) is 7.11 Å². The number of hydrogen-bond donors (Lipinski definition) is 1. The molecule has 1 atom stereocenters. The minimum absolute atomic E-state index is 0.273. The molecule has 1 aromatic rings. The molecule has 0 aliphatic rings. The number of carbonyl (C=O) groups excluding carboxylic acids is 1. The van der Waals surface area contributed by atoms with Crippen LogP contribution in [0, 0.1) is 0 Å². The van der Waals surface area contributed by atoms with E-state index in [0.29, 0.717) is 0 Å². The number of hydrogen-bond acceptors (Lipinski definition) is 5. The van der Waals surface area contributed by atoms with Gasteiger partial charge in [-0.1, -0.05) is 0 Å². The molecule has 0 amide bonds. The van der Waals surface area contributed by atoms with Gasteiger partial charge in [-0.25, -0.2) is 4.79 Å². The fourth-order valence-electron chi connectivity index (χ4n) is 0.911. The van der Waals surface area contributed by atoms with Crippen molar-refractivity contribution in [3.8, 4) is 0 Å². The minimum atomic E-state index is -0.947. The molecule has 1 N–H and O–H groups in total. The van der Waals surface area contributed by atoms with Crippen molar-refractivity contribution in [2.24, 2.45) is 0 Å². The number of aromatic carboxylic acids is 1. The first kappa shape index (κ1) is 12.1. The summed E-state index contributed by atoms with van der Waals surface area (Å²) in [5, 5.41) is 10.1. The van der Waals surface area contributed by atoms with Crippen LogP contribution in [0.5, 0.6) is 0 Å². The van der Waals surface area contributed by atoms with Crippen LogP contribution in [0.3, 0.4) is 0 Å². The SMILES string of the molecule is COC(=O)C(C)Sc1csc(C(=O)O)c1. The summed E-state index contributed by atoms with van der Waals surface area (Å²) in [7, 11) is 1.33. The van der Waals surface area contributed by atoms with Gasteiger partial charge < -0.3 is 9.84 Å². The number of thiophene rings is 1. The quantitative estimate of drug-likeness (QED) is 0.651. The van der Waals surface area contributed by atoms with E-state index in [0.717, 1.165) is 16.2 Å². The van der Waals surface area contributed by atoms with E-state index in [-0.39, 0.29) is 16.1 Å². The van der Waals surface area contributed by atoms with Crippen molar-refractivity contribution in [2.75, 3.05) is 7.11 Å². The predicted molar refractivity (Wildman–Crippen MR) is 58.6 cm³/mol. The maximum Gasteiger partial charge on any atom is 0.345 e. The highest BCUT2D eigenvalue weighted by Gasteiger charge is 2.16. The second-order valence-corrected chi connectivity index (χ2v) is 5.06. The zero-order valence-corrected chi connectivity index (χ0v) is 9.85. The Balaban J connectivity index is 2.65. The van der Waals surface area contributed by atoms with Gasteiger partial charge >= 0.3 is 11.9 Å². The van der Waals surface area contributed by atoms with E-state index in [1.54, 1.807) is 18.4 Å². The predicted octanol–water partition coefficient (Wildman–Crippen LogP) is 2.10. The van der Waals surface area contributed by atoms with Crippen molar-refractivity contribution >= 4 is 35.0 Å². The first-order chi connectivity index (χ1) is 7.04. The van der Waals surface area contributed by atoms with Gasteiger partial charge in [-0.15, -0.1) is 23.1 Å². The molecule has 0 saturated carbocycles. The highest BCUT2D eigenvalue weighted by molar-refractivity contribution is 8.00. The van der Waals surface area contributed by atoms with E-state index >= 15 is 0 Å². The normalized spacial score (nSPS) is 12.1. The monoisotopic (exact) mass is 246 g/mol. The second kappa shape index (κ2) is 5.18. The summed E-state index contributed by atoms with van der Waals surface area (Å²) in [4.78, 5) is 22.7. The number of methoxy groups -OCH3 is 1. The molecule has 0 saturated heterocycles. The number of carboxylic acid groups (broad SMARTS) is 1. The van der Waals surface area contributed by atoms with E-state index in [9.17, 15) is 9.59 Å². The molecule has 0 bridgehead atoms. The van der Waals surface area contributed by atoms with Crippen molar-refractivity contribution in [2.45, 2.75) is 17.1 Å². The summed E-state index contributed by atoms with van der Waals surface area (Å²) in [6, 6.07) is 1.55. The molecule has 15 heavy (non-hydrogen) atoms. The van der Waals surface area contributed by atoms with Gasteiger partial charge in [-0.2, -0.15) is 0 Å². The van der Waals surface area contributed by atoms with Crippen molar-refractivity contribution in [3.05, 3.63) is 16.3 Å². The van der Waals surface area contributed by atoms with Crippen LogP contribution in [0.1, 0.15) is 16.6 Å². The third-order valence-corrected chi connectivity index (χ3v) is 3.75. The first-order valence-corrected chi connectivity index (χ1v) is 5.87. The summed E-state index contributed by atoms with van der Waals surface area (Å²) in [5.41, 5.74) is 0. The summed E-state index contributed by atoms with van der Waals surface area (Å²) in [6.45, 7) is 1.72. The molecule has 0 radical (unpaired) electrons. The summed E-state index contributed by atoms with van der Waals surface area (Å²) in [6.07, 6.45) is 0. The van der Waals surface area contributed by atoms with Crippen molar-refractivity contribution in [3.63, 3.8) is 0 Å². The second-order valence-electron chi connectivity index (χ2n) is 2.74. The molecule has 0 aromatic carbocycles. The number of thioether (sulfide) groups is 1. The maximum absolute atomic E-state index is 11.1. The van der Waals surface area contributed by atoms with Gasteiger partial charge in [-0.05, 0) is 13.0 Å². The summed E-state index contributed by atoms with van der Waals surface area (Å²) < 4.78 is 4.57. The van der Waals surface area contributed by atoms with Crippen LogP contribution >= 0.6 is 23.1 Å². The van der Waals surface area contributed by atoms with Crippen LogP contribution in [0.4, 0.5) is 0 Å². The van der Waals surface area contributed by atoms with E-state index in [1.165, 1.54) is 18.9 Å². The molecule has 4 nitrogen and oxygen atoms in total. The summed E-state index contributed by atoms with van der Waals surface area (Å²) >= 11 is 2.43. The molecule has 6 heteroatoms. The topological polar surface area (TPSA) is 63.6 Å². The molecular formula is C9H10O4S2. The molecule has 0 aliphatic carbocycles. The molecule has 1 heterocycles. The lowest BCUT2D eigenvalue weighted by molar-refractivity contribution is -0.139. The molecule has 0 spiro atoms. The Hall–Kier alpha value is -1.01. The Morgan fingerprint density at radius 1 is 1.60 bits per heavy atom. The molecular weight excluding hydrogens is 236 g/mol. The van der Waals surface area contributed by atoms with Crippen LogP contribution < -0.4 is 0 Å². The van der Waals surface area contributed by atoms with Gasteiger partial charge in [0.1, 0.15) is 10.1 Å². The Morgan fingerprint density at radius 3 is 2.73 bits per heavy atom. The van der Waals surface area contributed by atoms with E-state index in [2.05, 4.69) is 4.74 Å². The van der Waals surface area contributed by atoms with Crippen LogP contribution in [-0.2, 0) is 9.53 Å². The number of esters is 1. The first-order valence-electron chi connectivity index (χ1n) is 4.11. The van der Waals surface area contributed by atoms with Crippen molar-refractivity contribution < 1.29 is 19.4 Å². The fourth-order valence-corrected chi connectivity index (χ4v) is 2.75. The highest BCUT2D eigenvalue weighted by atomic mass is 32.2. The fraction of sp³-hybridized carbons (Fsp3) is 0.333. The van der Waals surface area contributed by atoms with Gasteiger partial charge in [0.15, 0.2) is 0 Å². The lowest BCUT2D eigenvalue weighted by atomic mass is 10.5. The molecule has 0 fully saturated rings. The van der Waals surface area contributed by atoms with E-state index < -0.39 is 5.97 Å². The van der Waals surface area contributed by atoms with E-state index in [4.69, 9.17) is 5.11 Å². The molecule has 1 aromatic heterocycles. The van der Waals surface area contributed by atoms with Crippen LogP contribution in [0.25, 0.3) is 0 Å². The van der Waals surface area contributed by atoms with Gasteiger partial charge in [0.25, 0.3) is 0 Å². The number of ether oxygens (including phenoxy) is 1. The third kappa shape index (κ3) is 3.24. The van der Waals surface area contributed by atoms with Gasteiger partial charge in [-0.3, -0.25) is 4.79 Å². The standard InChI is InChI=1S/C9H10O4S2/c1-5(9(12)13-2)15-6-3-7(8(10)11)14-4-6/h3-5H,1-2H3,(H,10,11). The molecule has 1 unspecified atom stereocenters. The van der Waals surface area contributed by atoms with Crippen molar-refractivity contribution in [1.82, 2.24) is 0 Å². The Morgan fingerprint density at radius 2 is 2.27 bits per heavy atom. The van der Waals surface area contributed by atoms with Gasteiger partial charge in [0.2, 0.25) is 0 Å². The Labute approximate surface area is 95.3 Å². The number of carboxylic acids is 1. The minimum Gasteiger partial charge on any atom is -0.477 e. The third-order valence-electron chi connectivity index (χ3n) is 1.63. The molecule has 0 aliphatic heterocycles. The highest BCUT2D eigenvalue weighted by Crippen LogP contribution is 2.28. The van der Waals surface area contributed by atoms with Crippen LogP contribution in [0.15, 0.2) is 16.3 Å². The van der Waals surface area contributed by atoms with Crippen molar-refractivity contribution in [1.29, 1.82) is 0 Å². The average molecular weight is 246 g/mol. The Kier molecular flexibility index (Phi) is 4.16. The van der Waals surface area contributed by atoms with Crippen LogP contribution in [0.2, 0.25) is 0 Å². The van der Waals surface area contributed by atoms with Gasteiger partial charge in [0, 0.05) is 10.3 Å². The zero-order chi connectivity index (χ0) is 11.4. The zero-order valence-electron chi connectivity index (χ0n) is 8.22. The Bertz CT molecular complexity index is 372. The van der Waals surface area contributed by atoms with E-state index in [1.807, 2.05) is 0 Å². The number of rotatable bonds is 4. The average Bonchev–Trinajstić information content (AvgIpc) is 2.65.